The van der Waals surface area contributed by atoms with Crippen molar-refractivity contribution in [2.24, 2.45) is 11.7 Å². The first-order valence-corrected chi connectivity index (χ1v) is 6.54. The van der Waals surface area contributed by atoms with E-state index in [4.69, 9.17) is 5.73 Å². The molecule has 0 bridgehead atoms. The molecule has 0 saturated carbocycles. The maximum Gasteiger partial charge on any atom is 0.141 e. The normalized spacial score (nSPS) is 12.5. The summed E-state index contributed by atoms with van der Waals surface area (Å²) in [4.78, 5) is 12.0. The maximum absolute atomic E-state index is 13.1. The van der Waals surface area contributed by atoms with E-state index in [1.54, 1.807) is 6.07 Å². The van der Waals surface area contributed by atoms with Crippen molar-refractivity contribution in [3.8, 4) is 0 Å². The van der Waals surface area contributed by atoms with Crippen molar-refractivity contribution in [2.75, 3.05) is 6.54 Å². The molecule has 0 saturated heterocycles. The van der Waals surface area contributed by atoms with E-state index in [0.717, 1.165) is 17.3 Å². The molecule has 0 aromatic heterocycles. The molecule has 2 N–H and O–H groups in total. The quantitative estimate of drug-likeness (QED) is 0.877. The molecule has 0 fully saturated rings. The van der Waals surface area contributed by atoms with Crippen molar-refractivity contribution in [2.45, 2.75) is 26.2 Å². The van der Waals surface area contributed by atoms with Crippen LogP contribution >= 0.6 is 15.9 Å². The first-order valence-electron chi connectivity index (χ1n) is 5.75. The molecule has 17 heavy (non-hydrogen) atoms. The zero-order valence-electron chi connectivity index (χ0n) is 9.88. The van der Waals surface area contributed by atoms with E-state index in [-0.39, 0.29) is 23.9 Å². The lowest BCUT2D eigenvalue weighted by Gasteiger charge is -2.13. The summed E-state index contributed by atoms with van der Waals surface area (Å²) in [7, 11) is 0. The van der Waals surface area contributed by atoms with Gasteiger partial charge in [-0.3, -0.25) is 4.79 Å². The third-order valence-electron chi connectivity index (χ3n) is 2.75. The number of benzene rings is 1. The Kier molecular flexibility index (Phi) is 5.78. The second-order valence-corrected chi connectivity index (χ2v) is 4.95. The number of carbonyl (C=O) groups is 1. The molecule has 0 aliphatic rings. The van der Waals surface area contributed by atoms with Crippen LogP contribution < -0.4 is 5.73 Å². The standard InChI is InChI=1S/C13H17BrFNO/c1-2-3-9(8-16)13(17)7-10-6-11(15)4-5-12(10)14/h4-6,9H,2-3,7-8,16H2,1H3. The summed E-state index contributed by atoms with van der Waals surface area (Å²) in [6, 6.07) is 4.38. The topological polar surface area (TPSA) is 43.1 Å². The lowest BCUT2D eigenvalue weighted by atomic mass is 9.94. The average Bonchev–Trinajstić information content (AvgIpc) is 2.30. The molecule has 0 heterocycles. The van der Waals surface area contributed by atoms with Crippen LogP contribution in [0.15, 0.2) is 22.7 Å². The highest BCUT2D eigenvalue weighted by molar-refractivity contribution is 9.10. The number of hydrogen-bond donors (Lipinski definition) is 1. The second kappa shape index (κ2) is 6.87. The number of halogens is 2. The molecule has 0 spiro atoms. The lowest BCUT2D eigenvalue weighted by Crippen LogP contribution is -2.25. The highest BCUT2D eigenvalue weighted by Crippen LogP contribution is 2.20. The van der Waals surface area contributed by atoms with E-state index >= 15 is 0 Å². The third-order valence-corrected chi connectivity index (χ3v) is 3.52. The number of Topliss-reactive ketones (excluding diaryl/α,β-unsaturated/α-hetero) is 1. The number of nitrogens with two attached hydrogens (primary N) is 1. The van der Waals surface area contributed by atoms with Crippen molar-refractivity contribution < 1.29 is 9.18 Å². The molecule has 0 amide bonds. The summed E-state index contributed by atoms with van der Waals surface area (Å²) in [5, 5.41) is 0. The molecular weight excluding hydrogens is 285 g/mol. The van der Waals surface area contributed by atoms with Gasteiger partial charge >= 0.3 is 0 Å². The van der Waals surface area contributed by atoms with Crippen LogP contribution in [0.2, 0.25) is 0 Å². The largest absolute Gasteiger partial charge is 0.330 e. The van der Waals surface area contributed by atoms with Gasteiger partial charge < -0.3 is 5.73 Å². The second-order valence-electron chi connectivity index (χ2n) is 4.10. The van der Waals surface area contributed by atoms with Crippen LogP contribution in [0.25, 0.3) is 0 Å². The molecule has 1 aromatic carbocycles. The van der Waals surface area contributed by atoms with Gasteiger partial charge in [-0.2, -0.15) is 0 Å². The van der Waals surface area contributed by atoms with Gasteiger partial charge in [-0.15, -0.1) is 0 Å². The minimum absolute atomic E-state index is 0.0839. The monoisotopic (exact) mass is 301 g/mol. The van der Waals surface area contributed by atoms with Gasteiger partial charge in [-0.05, 0) is 30.2 Å². The maximum atomic E-state index is 13.1. The minimum Gasteiger partial charge on any atom is -0.330 e. The summed E-state index contributed by atoms with van der Waals surface area (Å²) >= 11 is 3.32. The van der Waals surface area contributed by atoms with Gasteiger partial charge in [-0.25, -0.2) is 4.39 Å². The van der Waals surface area contributed by atoms with Crippen molar-refractivity contribution in [1.29, 1.82) is 0 Å². The van der Waals surface area contributed by atoms with Crippen LogP contribution in [-0.4, -0.2) is 12.3 Å². The lowest BCUT2D eigenvalue weighted by molar-refractivity contribution is -0.122. The zero-order valence-corrected chi connectivity index (χ0v) is 11.5. The Bertz CT molecular complexity index is 395. The number of rotatable bonds is 6. The highest BCUT2D eigenvalue weighted by Gasteiger charge is 2.17. The molecule has 1 rings (SSSR count). The molecule has 0 radical (unpaired) electrons. The van der Waals surface area contributed by atoms with E-state index in [1.807, 2.05) is 6.92 Å². The highest BCUT2D eigenvalue weighted by atomic mass is 79.9. The molecule has 4 heteroatoms. The Morgan fingerprint density at radius 3 is 2.82 bits per heavy atom. The van der Waals surface area contributed by atoms with Gasteiger partial charge in [0.2, 0.25) is 0 Å². The van der Waals surface area contributed by atoms with Crippen LogP contribution in [0.4, 0.5) is 4.39 Å². The predicted octanol–water partition coefficient (Wildman–Crippen LogP) is 3.07. The molecule has 2 nitrogen and oxygen atoms in total. The van der Waals surface area contributed by atoms with E-state index in [9.17, 15) is 9.18 Å². The van der Waals surface area contributed by atoms with Crippen LogP contribution in [0.5, 0.6) is 0 Å². The Balaban J connectivity index is 2.76. The van der Waals surface area contributed by atoms with Crippen molar-refractivity contribution in [3.63, 3.8) is 0 Å². The minimum atomic E-state index is -0.323. The first kappa shape index (κ1) is 14.3. The average molecular weight is 302 g/mol. The SMILES string of the molecule is CCCC(CN)C(=O)Cc1cc(F)ccc1Br. The fourth-order valence-corrected chi connectivity index (χ4v) is 2.16. The molecule has 0 aliphatic heterocycles. The van der Waals surface area contributed by atoms with Gasteiger partial charge in [-0.1, -0.05) is 29.3 Å². The van der Waals surface area contributed by atoms with Crippen LogP contribution in [0.3, 0.4) is 0 Å². The fourth-order valence-electron chi connectivity index (χ4n) is 1.77. The Labute approximate surface area is 110 Å². The summed E-state index contributed by atoms with van der Waals surface area (Å²) in [5.74, 6) is -0.355. The number of carbonyl (C=O) groups excluding carboxylic acids is 1. The fraction of sp³-hybridized carbons (Fsp3) is 0.462. The van der Waals surface area contributed by atoms with Gasteiger partial charge in [0.1, 0.15) is 11.6 Å². The van der Waals surface area contributed by atoms with E-state index < -0.39 is 0 Å². The summed E-state index contributed by atoms with van der Waals surface area (Å²) in [5.41, 5.74) is 6.26. The van der Waals surface area contributed by atoms with Gasteiger partial charge in [0.15, 0.2) is 0 Å². The third kappa shape index (κ3) is 4.21. The predicted molar refractivity (Wildman–Crippen MR) is 70.3 cm³/mol. The zero-order chi connectivity index (χ0) is 12.8. The molecule has 1 atom stereocenters. The first-order chi connectivity index (χ1) is 8.08. The Hall–Kier alpha value is -0.740. The van der Waals surface area contributed by atoms with Gasteiger partial charge in [0, 0.05) is 23.4 Å². The Morgan fingerprint density at radius 1 is 1.53 bits per heavy atom. The Morgan fingerprint density at radius 2 is 2.24 bits per heavy atom. The summed E-state index contributed by atoms with van der Waals surface area (Å²) in [6.07, 6.45) is 1.96. The van der Waals surface area contributed by atoms with Crippen molar-refractivity contribution >= 4 is 21.7 Å². The van der Waals surface area contributed by atoms with E-state index in [1.165, 1.54) is 12.1 Å². The molecule has 1 unspecified atom stereocenters. The molecule has 0 aliphatic carbocycles. The van der Waals surface area contributed by atoms with E-state index in [0.29, 0.717) is 12.1 Å². The van der Waals surface area contributed by atoms with Crippen LogP contribution in [0.1, 0.15) is 25.3 Å². The summed E-state index contributed by atoms with van der Waals surface area (Å²) < 4.78 is 13.8. The molecular formula is C13H17BrFNO. The van der Waals surface area contributed by atoms with E-state index in [2.05, 4.69) is 15.9 Å². The van der Waals surface area contributed by atoms with Crippen molar-refractivity contribution in [1.82, 2.24) is 0 Å². The number of hydrogen-bond acceptors (Lipinski definition) is 2. The van der Waals surface area contributed by atoms with Gasteiger partial charge in [0.05, 0.1) is 0 Å². The van der Waals surface area contributed by atoms with Gasteiger partial charge in [0.25, 0.3) is 0 Å². The summed E-state index contributed by atoms with van der Waals surface area (Å²) in [6.45, 7) is 2.38. The molecule has 94 valence electrons. The van der Waals surface area contributed by atoms with Crippen LogP contribution in [-0.2, 0) is 11.2 Å². The van der Waals surface area contributed by atoms with Crippen LogP contribution in [0, 0.1) is 11.7 Å². The van der Waals surface area contributed by atoms with Crippen molar-refractivity contribution in [3.05, 3.63) is 34.1 Å². The molecule has 1 aromatic rings. The number of ketones is 1. The smallest absolute Gasteiger partial charge is 0.141 e.